The molecular weight excluding hydrogens is 261 g/mol. The number of benzene rings is 1. The number of halogens is 3. The van der Waals surface area contributed by atoms with Gasteiger partial charge in [-0.1, -0.05) is 25.1 Å². The smallest absolute Gasteiger partial charge is 0.391 e. The van der Waals surface area contributed by atoms with E-state index in [1.807, 2.05) is 0 Å². The molecule has 2 unspecified atom stereocenters. The zero-order valence-corrected chi connectivity index (χ0v) is 10.4. The van der Waals surface area contributed by atoms with Gasteiger partial charge in [-0.25, -0.2) is 4.79 Å². The number of rotatable bonds is 6. The van der Waals surface area contributed by atoms with Gasteiger partial charge in [0.05, 0.1) is 5.92 Å². The first-order chi connectivity index (χ1) is 8.84. The van der Waals surface area contributed by atoms with E-state index >= 15 is 0 Å². The topological polar surface area (TPSA) is 46.5 Å². The van der Waals surface area contributed by atoms with Gasteiger partial charge in [-0.2, -0.15) is 13.2 Å². The van der Waals surface area contributed by atoms with Crippen molar-refractivity contribution in [2.75, 3.05) is 0 Å². The summed E-state index contributed by atoms with van der Waals surface area (Å²) in [5, 5.41) is 8.95. The average Bonchev–Trinajstić information content (AvgIpc) is 2.33. The molecule has 6 heteroatoms. The predicted molar refractivity (Wildman–Crippen MR) is 62.9 cm³/mol. The zero-order chi connectivity index (χ0) is 14.5. The molecule has 0 aliphatic rings. The van der Waals surface area contributed by atoms with Crippen LogP contribution in [-0.2, 0) is 4.79 Å². The van der Waals surface area contributed by atoms with Crippen molar-refractivity contribution in [1.82, 2.24) is 0 Å². The number of para-hydroxylation sites is 1. The lowest BCUT2D eigenvalue weighted by Gasteiger charge is -2.23. The average molecular weight is 276 g/mol. The molecule has 1 rings (SSSR count). The van der Waals surface area contributed by atoms with Gasteiger partial charge in [0.1, 0.15) is 5.75 Å². The number of hydrogen-bond donors (Lipinski definition) is 1. The Bertz CT molecular complexity index is 403. The molecule has 0 bridgehead atoms. The van der Waals surface area contributed by atoms with Gasteiger partial charge < -0.3 is 9.84 Å². The molecule has 1 N–H and O–H groups in total. The molecule has 0 aliphatic carbocycles. The van der Waals surface area contributed by atoms with E-state index in [1.165, 1.54) is 19.1 Å². The van der Waals surface area contributed by atoms with Gasteiger partial charge in [0.25, 0.3) is 0 Å². The number of carboxylic acid groups (broad SMARTS) is 1. The molecule has 0 radical (unpaired) electrons. The summed E-state index contributed by atoms with van der Waals surface area (Å²) in [7, 11) is 0. The summed E-state index contributed by atoms with van der Waals surface area (Å²) >= 11 is 0. The van der Waals surface area contributed by atoms with Crippen LogP contribution in [0.4, 0.5) is 13.2 Å². The van der Waals surface area contributed by atoms with Crippen LogP contribution in [0.15, 0.2) is 30.3 Å². The van der Waals surface area contributed by atoms with E-state index in [0.29, 0.717) is 0 Å². The van der Waals surface area contributed by atoms with E-state index in [2.05, 4.69) is 0 Å². The highest BCUT2D eigenvalue weighted by Gasteiger charge is 2.41. The molecule has 0 saturated carbocycles. The highest BCUT2D eigenvalue weighted by atomic mass is 19.4. The summed E-state index contributed by atoms with van der Waals surface area (Å²) in [6.45, 7) is 1.37. The fraction of sp³-hybridized carbons (Fsp3) is 0.462. The third-order valence-corrected chi connectivity index (χ3v) is 2.75. The fourth-order valence-corrected chi connectivity index (χ4v) is 1.65. The standard InChI is InChI=1S/C13H15F3O3/c1-2-9(13(14,15)16)8-11(12(17)18)19-10-6-4-3-5-7-10/h3-7,9,11H,2,8H2,1H3,(H,17,18). The van der Waals surface area contributed by atoms with E-state index in [4.69, 9.17) is 9.84 Å². The zero-order valence-electron chi connectivity index (χ0n) is 10.4. The van der Waals surface area contributed by atoms with Crippen molar-refractivity contribution in [1.29, 1.82) is 0 Å². The summed E-state index contributed by atoms with van der Waals surface area (Å²) in [6.07, 6.45) is -6.69. The third-order valence-electron chi connectivity index (χ3n) is 2.75. The second kappa shape index (κ2) is 6.45. The SMILES string of the molecule is CCC(CC(Oc1ccccc1)C(=O)O)C(F)(F)F. The van der Waals surface area contributed by atoms with Crippen molar-refractivity contribution in [2.45, 2.75) is 32.0 Å². The number of aliphatic carboxylic acids is 1. The van der Waals surface area contributed by atoms with Crippen LogP contribution in [0, 0.1) is 5.92 Å². The summed E-state index contributed by atoms with van der Waals surface area (Å²) in [5.74, 6) is -2.84. The second-order valence-corrected chi connectivity index (χ2v) is 4.14. The van der Waals surface area contributed by atoms with E-state index in [-0.39, 0.29) is 12.2 Å². The Morgan fingerprint density at radius 3 is 2.32 bits per heavy atom. The van der Waals surface area contributed by atoms with Gasteiger partial charge in [-0.15, -0.1) is 0 Å². The highest BCUT2D eigenvalue weighted by molar-refractivity contribution is 5.72. The molecule has 0 spiro atoms. The normalized spacial score (nSPS) is 14.7. The van der Waals surface area contributed by atoms with Crippen LogP contribution in [0.1, 0.15) is 19.8 Å². The van der Waals surface area contributed by atoms with E-state index in [0.717, 1.165) is 0 Å². The molecule has 1 aromatic rings. The molecule has 2 atom stereocenters. The van der Waals surface area contributed by atoms with E-state index < -0.39 is 30.6 Å². The molecule has 0 aromatic heterocycles. The Hall–Kier alpha value is -1.72. The van der Waals surface area contributed by atoms with Crippen molar-refractivity contribution in [3.63, 3.8) is 0 Å². The Labute approximate surface area is 109 Å². The Morgan fingerprint density at radius 2 is 1.89 bits per heavy atom. The molecule has 0 saturated heterocycles. The van der Waals surface area contributed by atoms with Gasteiger partial charge >= 0.3 is 12.1 Å². The van der Waals surface area contributed by atoms with E-state index in [9.17, 15) is 18.0 Å². The largest absolute Gasteiger partial charge is 0.479 e. The van der Waals surface area contributed by atoms with Gasteiger partial charge in [-0.3, -0.25) is 0 Å². The first-order valence-electron chi connectivity index (χ1n) is 5.85. The summed E-state index contributed by atoms with van der Waals surface area (Å²) < 4.78 is 43.0. The van der Waals surface area contributed by atoms with Crippen molar-refractivity contribution < 1.29 is 27.8 Å². The van der Waals surface area contributed by atoms with Crippen LogP contribution in [0.2, 0.25) is 0 Å². The predicted octanol–water partition coefficient (Wildman–Crippen LogP) is 3.50. The number of hydrogen-bond acceptors (Lipinski definition) is 2. The van der Waals surface area contributed by atoms with Crippen LogP contribution in [-0.4, -0.2) is 23.4 Å². The quantitative estimate of drug-likeness (QED) is 0.865. The Kier molecular flexibility index (Phi) is 5.20. The summed E-state index contributed by atoms with van der Waals surface area (Å²) in [6, 6.07) is 7.95. The minimum Gasteiger partial charge on any atom is -0.479 e. The van der Waals surface area contributed by atoms with Crippen molar-refractivity contribution in [3.05, 3.63) is 30.3 Å². The first kappa shape index (κ1) is 15.3. The maximum atomic E-state index is 12.6. The number of carboxylic acids is 1. The summed E-state index contributed by atoms with van der Waals surface area (Å²) in [4.78, 5) is 11.0. The number of carbonyl (C=O) groups is 1. The number of ether oxygens (including phenoxy) is 1. The lowest BCUT2D eigenvalue weighted by atomic mass is 9.98. The van der Waals surface area contributed by atoms with Gasteiger partial charge in [0.2, 0.25) is 0 Å². The fourth-order valence-electron chi connectivity index (χ4n) is 1.65. The highest BCUT2D eigenvalue weighted by Crippen LogP contribution is 2.33. The lowest BCUT2D eigenvalue weighted by molar-refractivity contribution is -0.184. The Morgan fingerprint density at radius 1 is 1.32 bits per heavy atom. The molecule has 1 aromatic carbocycles. The van der Waals surface area contributed by atoms with Crippen molar-refractivity contribution in [3.8, 4) is 5.75 Å². The van der Waals surface area contributed by atoms with Gasteiger partial charge in [0.15, 0.2) is 6.10 Å². The molecule has 3 nitrogen and oxygen atoms in total. The first-order valence-corrected chi connectivity index (χ1v) is 5.85. The maximum Gasteiger partial charge on any atom is 0.391 e. The molecule has 19 heavy (non-hydrogen) atoms. The molecule has 0 fully saturated rings. The maximum absolute atomic E-state index is 12.6. The summed E-state index contributed by atoms with van der Waals surface area (Å²) in [5.41, 5.74) is 0. The van der Waals surface area contributed by atoms with Crippen LogP contribution >= 0.6 is 0 Å². The molecule has 106 valence electrons. The minimum atomic E-state index is -4.41. The minimum absolute atomic E-state index is 0.175. The van der Waals surface area contributed by atoms with Crippen LogP contribution < -0.4 is 4.74 Å². The lowest BCUT2D eigenvalue weighted by Crippen LogP contribution is -2.34. The van der Waals surface area contributed by atoms with Gasteiger partial charge in [0, 0.05) is 6.42 Å². The van der Waals surface area contributed by atoms with Crippen molar-refractivity contribution >= 4 is 5.97 Å². The third kappa shape index (κ3) is 4.81. The second-order valence-electron chi connectivity index (χ2n) is 4.14. The Balaban J connectivity index is 2.76. The number of alkyl halides is 3. The van der Waals surface area contributed by atoms with Crippen molar-refractivity contribution in [2.24, 2.45) is 5.92 Å². The van der Waals surface area contributed by atoms with Crippen LogP contribution in [0.3, 0.4) is 0 Å². The van der Waals surface area contributed by atoms with Crippen LogP contribution in [0.25, 0.3) is 0 Å². The molecule has 0 aliphatic heterocycles. The monoisotopic (exact) mass is 276 g/mol. The molecule has 0 amide bonds. The van der Waals surface area contributed by atoms with E-state index in [1.54, 1.807) is 18.2 Å². The van der Waals surface area contributed by atoms with Gasteiger partial charge in [-0.05, 0) is 18.6 Å². The molecule has 0 heterocycles. The van der Waals surface area contributed by atoms with Crippen LogP contribution in [0.5, 0.6) is 5.75 Å². The molecular formula is C13H15F3O3.